The van der Waals surface area contributed by atoms with E-state index < -0.39 is 6.10 Å². The molecule has 5 heteroatoms. The van der Waals surface area contributed by atoms with E-state index in [9.17, 15) is 9.59 Å². The van der Waals surface area contributed by atoms with Gasteiger partial charge in [-0.3, -0.25) is 9.59 Å². The van der Waals surface area contributed by atoms with Crippen LogP contribution in [0.4, 0.5) is 0 Å². The van der Waals surface area contributed by atoms with E-state index in [2.05, 4.69) is 5.32 Å². The number of ether oxygens (including phenoxy) is 2. The molecule has 0 bridgehead atoms. The van der Waals surface area contributed by atoms with Crippen LogP contribution in [0, 0.1) is 6.92 Å². The third-order valence-corrected chi connectivity index (χ3v) is 2.87. The summed E-state index contributed by atoms with van der Waals surface area (Å²) in [5.41, 5.74) is 1.14. The highest BCUT2D eigenvalue weighted by atomic mass is 16.5. The van der Waals surface area contributed by atoms with E-state index in [-0.39, 0.29) is 11.9 Å². The summed E-state index contributed by atoms with van der Waals surface area (Å²) in [5.74, 6) is 0.227. The number of carbonyl (C=O) groups is 2. The second kappa shape index (κ2) is 9.00. The lowest BCUT2D eigenvalue weighted by atomic mass is 10.2. The fourth-order valence-electron chi connectivity index (χ4n) is 1.70. The van der Waals surface area contributed by atoms with E-state index in [4.69, 9.17) is 9.47 Å². The first-order valence-electron chi connectivity index (χ1n) is 7.19. The number of hydrogen-bond acceptors (Lipinski definition) is 4. The normalized spacial score (nSPS) is 11.6. The predicted molar refractivity (Wildman–Crippen MR) is 80.1 cm³/mol. The molecule has 1 N–H and O–H groups in total. The molecule has 0 radical (unpaired) electrons. The zero-order valence-corrected chi connectivity index (χ0v) is 12.8. The SMILES string of the molecule is CCOC(=O)CCCNC(=O)C(C)Oc1ccc(C)cc1. The Kier molecular flexibility index (Phi) is 7.29. The largest absolute Gasteiger partial charge is 0.481 e. The molecule has 0 heterocycles. The van der Waals surface area contributed by atoms with Crippen molar-refractivity contribution in [3.63, 3.8) is 0 Å². The van der Waals surface area contributed by atoms with Gasteiger partial charge in [0.05, 0.1) is 6.61 Å². The lowest BCUT2D eigenvalue weighted by Crippen LogP contribution is -2.37. The van der Waals surface area contributed by atoms with E-state index >= 15 is 0 Å². The average molecular weight is 293 g/mol. The summed E-state index contributed by atoms with van der Waals surface area (Å²) in [6.07, 6.45) is 0.290. The molecule has 1 amide bonds. The minimum atomic E-state index is -0.574. The fourth-order valence-corrected chi connectivity index (χ4v) is 1.70. The Morgan fingerprint density at radius 2 is 1.90 bits per heavy atom. The molecule has 1 unspecified atom stereocenters. The highest BCUT2D eigenvalue weighted by Crippen LogP contribution is 2.13. The van der Waals surface area contributed by atoms with Crippen molar-refractivity contribution in [3.8, 4) is 5.75 Å². The van der Waals surface area contributed by atoms with E-state index in [1.54, 1.807) is 13.8 Å². The molecule has 21 heavy (non-hydrogen) atoms. The molecular formula is C16H23NO4. The number of nitrogens with one attached hydrogen (secondary N) is 1. The Labute approximate surface area is 125 Å². The maximum Gasteiger partial charge on any atom is 0.305 e. The standard InChI is InChI=1S/C16H23NO4/c1-4-20-15(18)6-5-11-17-16(19)13(3)21-14-9-7-12(2)8-10-14/h7-10,13H,4-6,11H2,1-3H3,(H,17,19). The number of hydrogen-bond donors (Lipinski definition) is 1. The summed E-state index contributed by atoms with van der Waals surface area (Å²) in [6.45, 7) is 6.26. The fraction of sp³-hybridized carbons (Fsp3) is 0.500. The summed E-state index contributed by atoms with van der Waals surface area (Å²) >= 11 is 0. The number of carbonyl (C=O) groups excluding carboxylic acids is 2. The summed E-state index contributed by atoms with van der Waals surface area (Å²) in [4.78, 5) is 23.0. The van der Waals surface area contributed by atoms with Crippen LogP contribution in [0.1, 0.15) is 32.3 Å². The Morgan fingerprint density at radius 1 is 1.24 bits per heavy atom. The minimum absolute atomic E-state index is 0.195. The van der Waals surface area contributed by atoms with Crippen LogP contribution in [-0.2, 0) is 14.3 Å². The number of rotatable bonds is 8. The highest BCUT2D eigenvalue weighted by Gasteiger charge is 2.14. The molecule has 0 aliphatic carbocycles. The molecular weight excluding hydrogens is 270 g/mol. The Balaban J connectivity index is 2.25. The van der Waals surface area contributed by atoms with Crippen molar-refractivity contribution in [2.45, 2.75) is 39.7 Å². The monoisotopic (exact) mass is 293 g/mol. The van der Waals surface area contributed by atoms with Crippen molar-refractivity contribution in [2.75, 3.05) is 13.2 Å². The first kappa shape index (κ1) is 17.0. The van der Waals surface area contributed by atoms with Gasteiger partial charge >= 0.3 is 5.97 Å². The lowest BCUT2D eigenvalue weighted by molar-refractivity contribution is -0.143. The van der Waals surface area contributed by atoms with Crippen molar-refractivity contribution in [1.29, 1.82) is 0 Å². The maximum atomic E-state index is 11.8. The van der Waals surface area contributed by atoms with Crippen LogP contribution in [0.5, 0.6) is 5.75 Å². The topological polar surface area (TPSA) is 64.6 Å². The molecule has 5 nitrogen and oxygen atoms in total. The van der Waals surface area contributed by atoms with Gasteiger partial charge in [0.25, 0.3) is 5.91 Å². The number of amides is 1. The maximum absolute atomic E-state index is 11.8. The summed E-state index contributed by atoms with van der Waals surface area (Å²) in [5, 5.41) is 2.74. The number of esters is 1. The van der Waals surface area contributed by atoms with Crippen LogP contribution in [0.3, 0.4) is 0 Å². The third kappa shape index (κ3) is 6.79. The Hall–Kier alpha value is -2.04. The molecule has 116 valence electrons. The molecule has 0 spiro atoms. The van der Waals surface area contributed by atoms with Gasteiger partial charge < -0.3 is 14.8 Å². The molecule has 0 saturated heterocycles. The zero-order chi connectivity index (χ0) is 15.7. The van der Waals surface area contributed by atoms with Gasteiger partial charge in [-0.25, -0.2) is 0 Å². The van der Waals surface area contributed by atoms with Gasteiger partial charge in [0, 0.05) is 13.0 Å². The van der Waals surface area contributed by atoms with Crippen molar-refractivity contribution in [2.24, 2.45) is 0 Å². The van der Waals surface area contributed by atoms with E-state index in [0.717, 1.165) is 5.56 Å². The van der Waals surface area contributed by atoms with E-state index in [0.29, 0.717) is 31.7 Å². The zero-order valence-electron chi connectivity index (χ0n) is 12.8. The predicted octanol–water partition coefficient (Wildman–Crippen LogP) is 2.22. The van der Waals surface area contributed by atoms with Crippen molar-refractivity contribution in [1.82, 2.24) is 5.32 Å². The molecule has 1 aromatic rings. The molecule has 1 atom stereocenters. The van der Waals surface area contributed by atoms with Crippen molar-refractivity contribution < 1.29 is 19.1 Å². The highest BCUT2D eigenvalue weighted by molar-refractivity contribution is 5.80. The average Bonchev–Trinajstić information content (AvgIpc) is 2.46. The number of aryl methyl sites for hydroxylation is 1. The first-order chi connectivity index (χ1) is 10.0. The Morgan fingerprint density at radius 3 is 2.52 bits per heavy atom. The smallest absolute Gasteiger partial charge is 0.305 e. The second-order valence-electron chi connectivity index (χ2n) is 4.77. The van der Waals surface area contributed by atoms with Crippen LogP contribution < -0.4 is 10.1 Å². The van der Waals surface area contributed by atoms with Gasteiger partial charge in [0.15, 0.2) is 6.10 Å². The third-order valence-electron chi connectivity index (χ3n) is 2.87. The lowest BCUT2D eigenvalue weighted by Gasteiger charge is -2.14. The minimum Gasteiger partial charge on any atom is -0.481 e. The van der Waals surface area contributed by atoms with Gasteiger partial charge in [-0.15, -0.1) is 0 Å². The van der Waals surface area contributed by atoms with Crippen LogP contribution in [0.15, 0.2) is 24.3 Å². The molecule has 1 aromatic carbocycles. The van der Waals surface area contributed by atoms with Crippen molar-refractivity contribution >= 4 is 11.9 Å². The molecule has 0 saturated carbocycles. The van der Waals surface area contributed by atoms with E-state index in [1.807, 2.05) is 31.2 Å². The van der Waals surface area contributed by atoms with Gasteiger partial charge in [-0.1, -0.05) is 17.7 Å². The first-order valence-corrected chi connectivity index (χ1v) is 7.19. The molecule has 0 aromatic heterocycles. The number of benzene rings is 1. The van der Waals surface area contributed by atoms with Crippen molar-refractivity contribution in [3.05, 3.63) is 29.8 Å². The van der Waals surface area contributed by atoms with Gasteiger partial charge in [-0.05, 0) is 39.3 Å². The van der Waals surface area contributed by atoms with Crippen LogP contribution in [0.25, 0.3) is 0 Å². The van der Waals surface area contributed by atoms with Gasteiger partial charge in [0.2, 0.25) is 0 Å². The summed E-state index contributed by atoms with van der Waals surface area (Å²) in [6, 6.07) is 7.53. The molecule has 0 aliphatic rings. The quantitative estimate of drug-likeness (QED) is 0.589. The van der Waals surface area contributed by atoms with Gasteiger partial charge in [-0.2, -0.15) is 0 Å². The Bertz CT molecular complexity index is 456. The molecule has 0 aliphatic heterocycles. The molecule has 1 rings (SSSR count). The van der Waals surface area contributed by atoms with Gasteiger partial charge in [0.1, 0.15) is 5.75 Å². The molecule has 0 fully saturated rings. The van der Waals surface area contributed by atoms with Crippen LogP contribution in [-0.4, -0.2) is 31.1 Å². The van der Waals surface area contributed by atoms with Crippen LogP contribution in [0.2, 0.25) is 0 Å². The van der Waals surface area contributed by atoms with Crippen LogP contribution >= 0.6 is 0 Å². The van der Waals surface area contributed by atoms with E-state index in [1.165, 1.54) is 0 Å². The second-order valence-corrected chi connectivity index (χ2v) is 4.77. The summed E-state index contributed by atoms with van der Waals surface area (Å²) in [7, 11) is 0. The summed E-state index contributed by atoms with van der Waals surface area (Å²) < 4.78 is 10.4.